The third-order valence-electron chi connectivity index (χ3n) is 1.90. The molecule has 13 heavy (non-hydrogen) atoms. The Bertz CT molecular complexity index is 269. The van der Waals surface area contributed by atoms with E-state index in [1.54, 1.807) is 14.0 Å². The second-order valence-corrected chi connectivity index (χ2v) is 3.50. The van der Waals surface area contributed by atoms with Gasteiger partial charge in [0.05, 0.1) is 20.3 Å². The van der Waals surface area contributed by atoms with Crippen LogP contribution in [0.5, 0.6) is 0 Å². The van der Waals surface area contributed by atoms with E-state index in [1.165, 1.54) is 4.80 Å². The van der Waals surface area contributed by atoms with E-state index >= 15 is 0 Å². The van der Waals surface area contributed by atoms with Crippen molar-refractivity contribution in [2.75, 3.05) is 13.2 Å². The third kappa shape index (κ3) is 2.46. The molecule has 6 heteroatoms. The van der Waals surface area contributed by atoms with Gasteiger partial charge in [0, 0.05) is 11.8 Å². The summed E-state index contributed by atoms with van der Waals surface area (Å²) in [5.41, 5.74) is -0.566. The Labute approximate surface area is 76.2 Å². The molecule has 0 amide bonds. The molecule has 2 N–H and O–H groups in total. The number of aliphatic hydroxyl groups excluding tert-OH is 2. The van der Waals surface area contributed by atoms with Crippen molar-refractivity contribution in [3.63, 3.8) is 0 Å². The fraction of sp³-hybridized carbons (Fsp3) is 0.857. The molecule has 1 aromatic heterocycles. The Morgan fingerprint density at radius 3 is 2.38 bits per heavy atom. The highest BCUT2D eigenvalue weighted by molar-refractivity contribution is 4.87. The van der Waals surface area contributed by atoms with Crippen molar-refractivity contribution >= 4 is 0 Å². The van der Waals surface area contributed by atoms with Gasteiger partial charge < -0.3 is 10.2 Å². The lowest BCUT2D eigenvalue weighted by molar-refractivity contribution is 0.0686. The summed E-state index contributed by atoms with van der Waals surface area (Å²) < 4.78 is 0. The number of hydrogen-bond acceptors (Lipinski definition) is 5. The Kier molecular flexibility index (Phi) is 2.94. The van der Waals surface area contributed by atoms with Crippen molar-refractivity contribution in [3.8, 4) is 0 Å². The van der Waals surface area contributed by atoms with E-state index in [4.69, 9.17) is 10.2 Å². The maximum atomic E-state index is 9.01. The summed E-state index contributed by atoms with van der Waals surface area (Å²) >= 11 is 0. The SMILES string of the molecule is Cn1nnc(CC(C)(CO)CO)n1. The van der Waals surface area contributed by atoms with E-state index in [0.29, 0.717) is 12.2 Å². The maximum Gasteiger partial charge on any atom is 0.175 e. The molecule has 0 fully saturated rings. The Hall–Kier alpha value is -1.01. The van der Waals surface area contributed by atoms with E-state index in [9.17, 15) is 0 Å². The monoisotopic (exact) mass is 186 g/mol. The predicted octanol–water partition coefficient (Wildman–Crippen LogP) is -1.26. The average molecular weight is 186 g/mol. The topological polar surface area (TPSA) is 84.1 Å². The van der Waals surface area contributed by atoms with Crippen LogP contribution in [0.25, 0.3) is 0 Å². The number of rotatable bonds is 4. The summed E-state index contributed by atoms with van der Waals surface area (Å²) in [6.45, 7) is 1.58. The minimum absolute atomic E-state index is 0.0955. The number of tetrazole rings is 1. The first-order chi connectivity index (χ1) is 6.09. The van der Waals surface area contributed by atoms with Crippen LogP contribution in [0.15, 0.2) is 0 Å². The molecule has 6 nitrogen and oxygen atoms in total. The molecule has 1 aromatic rings. The zero-order valence-corrected chi connectivity index (χ0v) is 7.80. The van der Waals surface area contributed by atoms with Crippen LogP contribution >= 0.6 is 0 Å². The molecule has 0 aliphatic carbocycles. The molecule has 0 radical (unpaired) electrons. The Morgan fingerprint density at radius 1 is 1.38 bits per heavy atom. The van der Waals surface area contributed by atoms with Gasteiger partial charge in [0.15, 0.2) is 5.82 Å². The van der Waals surface area contributed by atoms with Crippen LogP contribution in [0.1, 0.15) is 12.7 Å². The third-order valence-corrected chi connectivity index (χ3v) is 1.90. The van der Waals surface area contributed by atoms with E-state index < -0.39 is 5.41 Å². The summed E-state index contributed by atoms with van der Waals surface area (Å²) in [6, 6.07) is 0. The second kappa shape index (κ2) is 3.80. The molecule has 74 valence electrons. The molecule has 0 aliphatic rings. The van der Waals surface area contributed by atoms with Gasteiger partial charge in [0.25, 0.3) is 0 Å². The van der Waals surface area contributed by atoms with Crippen LogP contribution in [0, 0.1) is 5.41 Å². The molecule has 0 spiro atoms. The predicted molar refractivity (Wildman–Crippen MR) is 44.8 cm³/mol. The van der Waals surface area contributed by atoms with Crippen LogP contribution in [-0.2, 0) is 13.5 Å². The molecule has 0 saturated heterocycles. The summed E-state index contributed by atoms with van der Waals surface area (Å²) in [7, 11) is 1.67. The van der Waals surface area contributed by atoms with Crippen LogP contribution in [-0.4, -0.2) is 43.6 Å². The first-order valence-corrected chi connectivity index (χ1v) is 4.04. The molecule has 0 bridgehead atoms. The van der Waals surface area contributed by atoms with Crippen LogP contribution < -0.4 is 0 Å². The van der Waals surface area contributed by atoms with Crippen molar-refractivity contribution in [3.05, 3.63) is 5.82 Å². The molecule has 1 rings (SSSR count). The molecular weight excluding hydrogens is 172 g/mol. The fourth-order valence-corrected chi connectivity index (χ4v) is 0.938. The minimum Gasteiger partial charge on any atom is -0.396 e. The molecule has 0 aromatic carbocycles. The Balaban J connectivity index is 2.67. The van der Waals surface area contributed by atoms with E-state index in [2.05, 4.69) is 15.4 Å². The van der Waals surface area contributed by atoms with Gasteiger partial charge in [0.1, 0.15) is 0 Å². The van der Waals surface area contributed by atoms with Crippen molar-refractivity contribution in [1.82, 2.24) is 20.2 Å². The van der Waals surface area contributed by atoms with E-state index in [0.717, 1.165) is 0 Å². The summed E-state index contributed by atoms with van der Waals surface area (Å²) in [5.74, 6) is 0.535. The summed E-state index contributed by atoms with van der Waals surface area (Å²) in [4.78, 5) is 1.35. The largest absolute Gasteiger partial charge is 0.396 e. The number of hydrogen-bond donors (Lipinski definition) is 2. The number of aromatic nitrogens is 4. The average Bonchev–Trinajstić information content (AvgIpc) is 2.51. The van der Waals surface area contributed by atoms with Gasteiger partial charge in [-0.25, -0.2) is 0 Å². The smallest absolute Gasteiger partial charge is 0.175 e. The zero-order chi connectivity index (χ0) is 9.90. The normalized spacial score (nSPS) is 12.0. The standard InChI is InChI=1S/C7H14N4O2/c1-7(4-12,5-13)3-6-8-10-11(2)9-6/h12-13H,3-5H2,1-2H3. The number of aryl methyl sites for hydroxylation is 1. The van der Waals surface area contributed by atoms with Crippen molar-refractivity contribution in [2.45, 2.75) is 13.3 Å². The summed E-state index contributed by atoms with van der Waals surface area (Å²) in [5, 5.41) is 29.4. The molecule has 0 saturated carbocycles. The highest BCUT2D eigenvalue weighted by Crippen LogP contribution is 2.18. The molecule has 0 atom stereocenters. The lowest BCUT2D eigenvalue weighted by atomic mass is 9.89. The van der Waals surface area contributed by atoms with Crippen LogP contribution in [0.3, 0.4) is 0 Å². The van der Waals surface area contributed by atoms with Crippen LogP contribution in [0.4, 0.5) is 0 Å². The molecule has 0 aliphatic heterocycles. The highest BCUT2D eigenvalue weighted by atomic mass is 16.3. The quantitative estimate of drug-likeness (QED) is 0.613. The van der Waals surface area contributed by atoms with Gasteiger partial charge in [-0.1, -0.05) is 6.92 Å². The van der Waals surface area contributed by atoms with Crippen molar-refractivity contribution in [1.29, 1.82) is 0 Å². The lowest BCUT2D eigenvalue weighted by Crippen LogP contribution is -2.29. The second-order valence-electron chi connectivity index (χ2n) is 3.50. The van der Waals surface area contributed by atoms with E-state index in [1.807, 2.05) is 0 Å². The van der Waals surface area contributed by atoms with Crippen molar-refractivity contribution in [2.24, 2.45) is 12.5 Å². The van der Waals surface area contributed by atoms with Gasteiger partial charge in [0.2, 0.25) is 0 Å². The number of nitrogens with zero attached hydrogens (tertiary/aromatic N) is 4. The summed E-state index contributed by atoms with van der Waals surface area (Å²) in [6.07, 6.45) is 0.424. The van der Waals surface area contributed by atoms with Gasteiger partial charge in [-0.05, 0) is 5.21 Å². The van der Waals surface area contributed by atoms with Gasteiger partial charge in [-0.2, -0.15) is 4.80 Å². The zero-order valence-electron chi connectivity index (χ0n) is 7.80. The highest BCUT2D eigenvalue weighted by Gasteiger charge is 2.25. The fourth-order valence-electron chi connectivity index (χ4n) is 0.938. The molecule has 0 unspecified atom stereocenters. The van der Waals surface area contributed by atoms with Crippen LogP contribution in [0.2, 0.25) is 0 Å². The van der Waals surface area contributed by atoms with E-state index in [-0.39, 0.29) is 13.2 Å². The van der Waals surface area contributed by atoms with Gasteiger partial charge >= 0.3 is 0 Å². The van der Waals surface area contributed by atoms with Gasteiger partial charge in [-0.3, -0.25) is 0 Å². The first-order valence-electron chi connectivity index (χ1n) is 4.04. The molecule has 1 heterocycles. The molecular formula is C7H14N4O2. The first kappa shape index (κ1) is 10.1. The number of aliphatic hydroxyl groups is 2. The minimum atomic E-state index is -0.566. The lowest BCUT2D eigenvalue weighted by Gasteiger charge is -2.22. The maximum absolute atomic E-state index is 9.01. The Morgan fingerprint density at radius 2 is 2.00 bits per heavy atom. The van der Waals surface area contributed by atoms with Crippen molar-refractivity contribution < 1.29 is 10.2 Å². The van der Waals surface area contributed by atoms with Gasteiger partial charge in [-0.15, -0.1) is 10.2 Å².